The highest BCUT2D eigenvalue weighted by Gasteiger charge is 2.19. The molecule has 2 rings (SSSR count). The molecular formula is C16H16Cl2O2. The maximum Gasteiger partial charge on any atom is 0.168 e. The van der Waals surface area contributed by atoms with E-state index in [0.29, 0.717) is 23.3 Å². The quantitative estimate of drug-likeness (QED) is 0.735. The lowest BCUT2D eigenvalue weighted by molar-refractivity contribution is 0.355. The third-order valence-electron chi connectivity index (χ3n) is 3.21. The molecule has 0 radical (unpaired) electrons. The highest BCUT2D eigenvalue weighted by molar-refractivity contribution is 6.19. The molecule has 2 aromatic rings. The van der Waals surface area contributed by atoms with Crippen LogP contribution in [-0.2, 0) is 11.8 Å². The fourth-order valence-electron chi connectivity index (χ4n) is 2.27. The van der Waals surface area contributed by atoms with Gasteiger partial charge in [0.05, 0.1) is 14.2 Å². The van der Waals surface area contributed by atoms with E-state index in [1.807, 2.05) is 36.4 Å². The molecule has 0 amide bonds. The summed E-state index contributed by atoms with van der Waals surface area (Å²) in [5.74, 6) is 2.09. The van der Waals surface area contributed by atoms with E-state index in [1.165, 1.54) is 0 Å². The van der Waals surface area contributed by atoms with Crippen LogP contribution in [0.15, 0.2) is 36.4 Å². The summed E-state index contributed by atoms with van der Waals surface area (Å²) < 4.78 is 11.0. The van der Waals surface area contributed by atoms with E-state index in [0.717, 1.165) is 22.3 Å². The second-order valence-corrected chi connectivity index (χ2v) is 4.79. The van der Waals surface area contributed by atoms with E-state index in [9.17, 15) is 0 Å². The van der Waals surface area contributed by atoms with Crippen LogP contribution in [0, 0.1) is 0 Å². The molecule has 0 aromatic heterocycles. The topological polar surface area (TPSA) is 18.5 Å². The summed E-state index contributed by atoms with van der Waals surface area (Å²) in [5, 5.41) is 0. The molecule has 0 atom stereocenters. The third kappa shape index (κ3) is 2.72. The summed E-state index contributed by atoms with van der Waals surface area (Å²) in [5.41, 5.74) is 3.91. The van der Waals surface area contributed by atoms with Gasteiger partial charge in [0.1, 0.15) is 0 Å². The average molecular weight is 311 g/mol. The van der Waals surface area contributed by atoms with Gasteiger partial charge in [-0.15, -0.1) is 23.2 Å². The van der Waals surface area contributed by atoms with Gasteiger partial charge in [-0.3, -0.25) is 0 Å². The normalized spacial score (nSPS) is 10.4. The largest absolute Gasteiger partial charge is 0.493 e. The zero-order valence-electron chi connectivity index (χ0n) is 11.5. The first-order chi connectivity index (χ1) is 9.76. The highest BCUT2D eigenvalue weighted by Crippen LogP contribution is 2.43. The molecule has 0 N–H and O–H groups in total. The number of halogens is 2. The first kappa shape index (κ1) is 15.0. The highest BCUT2D eigenvalue weighted by atomic mass is 35.5. The monoisotopic (exact) mass is 310 g/mol. The van der Waals surface area contributed by atoms with Crippen molar-refractivity contribution in [2.75, 3.05) is 14.2 Å². The molecular weight excluding hydrogens is 295 g/mol. The molecule has 106 valence electrons. The number of rotatable bonds is 5. The Bertz CT molecular complexity index is 553. The van der Waals surface area contributed by atoms with Gasteiger partial charge in [-0.1, -0.05) is 30.3 Å². The van der Waals surface area contributed by atoms with E-state index >= 15 is 0 Å². The van der Waals surface area contributed by atoms with Crippen LogP contribution in [0.4, 0.5) is 0 Å². The van der Waals surface area contributed by atoms with Crippen LogP contribution in [0.2, 0.25) is 0 Å². The minimum Gasteiger partial charge on any atom is -0.493 e. The zero-order valence-corrected chi connectivity index (χ0v) is 13.0. The fourth-order valence-corrected chi connectivity index (χ4v) is 2.81. The van der Waals surface area contributed by atoms with Crippen molar-refractivity contribution in [3.63, 3.8) is 0 Å². The number of hydrogen-bond donors (Lipinski definition) is 0. The summed E-state index contributed by atoms with van der Waals surface area (Å²) in [7, 11) is 3.24. The Morgan fingerprint density at radius 3 is 2.15 bits per heavy atom. The summed E-state index contributed by atoms with van der Waals surface area (Å²) in [6.45, 7) is 0. The number of methoxy groups -OCH3 is 2. The van der Waals surface area contributed by atoms with Crippen LogP contribution in [-0.4, -0.2) is 14.2 Å². The van der Waals surface area contributed by atoms with Gasteiger partial charge in [0.2, 0.25) is 0 Å². The van der Waals surface area contributed by atoms with Crippen LogP contribution in [0.5, 0.6) is 11.5 Å². The van der Waals surface area contributed by atoms with Gasteiger partial charge in [-0.05, 0) is 22.8 Å². The molecule has 0 aliphatic carbocycles. The van der Waals surface area contributed by atoms with Crippen molar-refractivity contribution < 1.29 is 9.47 Å². The molecule has 0 fully saturated rings. The smallest absolute Gasteiger partial charge is 0.168 e. The van der Waals surface area contributed by atoms with Crippen molar-refractivity contribution in [3.8, 4) is 22.6 Å². The Morgan fingerprint density at radius 1 is 0.950 bits per heavy atom. The molecule has 4 heteroatoms. The predicted octanol–water partition coefficient (Wildman–Crippen LogP) is 4.85. The van der Waals surface area contributed by atoms with Crippen molar-refractivity contribution >= 4 is 23.2 Å². The lowest BCUT2D eigenvalue weighted by atomic mass is 9.95. The Morgan fingerprint density at radius 2 is 1.65 bits per heavy atom. The molecule has 0 bridgehead atoms. The van der Waals surface area contributed by atoms with Gasteiger partial charge in [0.15, 0.2) is 11.5 Å². The van der Waals surface area contributed by atoms with E-state index in [-0.39, 0.29) is 0 Å². The van der Waals surface area contributed by atoms with Gasteiger partial charge in [-0.2, -0.15) is 0 Å². The Labute approximate surface area is 129 Å². The van der Waals surface area contributed by atoms with Crippen LogP contribution in [0.1, 0.15) is 11.1 Å². The predicted molar refractivity (Wildman–Crippen MR) is 84.1 cm³/mol. The molecule has 0 saturated carbocycles. The maximum absolute atomic E-state index is 6.14. The van der Waals surface area contributed by atoms with E-state index in [2.05, 4.69) is 0 Å². The molecule has 0 saturated heterocycles. The first-order valence-electron chi connectivity index (χ1n) is 6.20. The summed E-state index contributed by atoms with van der Waals surface area (Å²) >= 11 is 12.2. The number of benzene rings is 2. The Balaban J connectivity index is 2.80. The SMILES string of the molecule is COc1cc(CCl)c(CCl)c(-c2ccccc2)c1OC. The van der Waals surface area contributed by atoms with Gasteiger partial charge in [-0.25, -0.2) is 0 Å². The van der Waals surface area contributed by atoms with Crippen LogP contribution < -0.4 is 9.47 Å². The molecule has 20 heavy (non-hydrogen) atoms. The maximum atomic E-state index is 6.14. The fraction of sp³-hybridized carbons (Fsp3) is 0.250. The molecule has 0 spiro atoms. The lowest BCUT2D eigenvalue weighted by Crippen LogP contribution is -2.00. The van der Waals surface area contributed by atoms with Gasteiger partial charge in [0, 0.05) is 17.3 Å². The van der Waals surface area contributed by atoms with Crippen molar-refractivity contribution in [2.24, 2.45) is 0 Å². The molecule has 0 aliphatic rings. The van der Waals surface area contributed by atoms with Gasteiger partial charge in [0.25, 0.3) is 0 Å². The second-order valence-electron chi connectivity index (χ2n) is 4.26. The van der Waals surface area contributed by atoms with Crippen LogP contribution in [0.3, 0.4) is 0 Å². The number of alkyl halides is 2. The van der Waals surface area contributed by atoms with E-state index in [4.69, 9.17) is 32.7 Å². The summed E-state index contributed by atoms with van der Waals surface area (Å²) in [6, 6.07) is 11.9. The minimum absolute atomic E-state index is 0.368. The zero-order chi connectivity index (χ0) is 14.5. The average Bonchev–Trinajstić information content (AvgIpc) is 2.53. The second kappa shape index (κ2) is 6.87. The standard InChI is InChI=1S/C16H16Cl2O2/c1-19-14-8-12(9-17)13(10-18)15(16(14)20-2)11-6-4-3-5-7-11/h3-8H,9-10H2,1-2H3. The molecule has 0 heterocycles. The van der Waals surface area contributed by atoms with Gasteiger partial charge < -0.3 is 9.47 Å². The van der Waals surface area contributed by atoms with Crippen molar-refractivity contribution in [3.05, 3.63) is 47.5 Å². The van der Waals surface area contributed by atoms with Crippen molar-refractivity contribution in [1.29, 1.82) is 0 Å². The first-order valence-corrected chi connectivity index (χ1v) is 7.27. The minimum atomic E-state index is 0.368. The summed E-state index contributed by atoms with van der Waals surface area (Å²) in [4.78, 5) is 0. The van der Waals surface area contributed by atoms with E-state index in [1.54, 1.807) is 14.2 Å². The Hall–Kier alpha value is -1.38. The van der Waals surface area contributed by atoms with Crippen LogP contribution >= 0.6 is 23.2 Å². The van der Waals surface area contributed by atoms with Crippen molar-refractivity contribution in [1.82, 2.24) is 0 Å². The summed E-state index contributed by atoms with van der Waals surface area (Å²) in [6.07, 6.45) is 0. The number of hydrogen-bond acceptors (Lipinski definition) is 2. The molecule has 0 aliphatic heterocycles. The van der Waals surface area contributed by atoms with E-state index < -0.39 is 0 Å². The lowest BCUT2D eigenvalue weighted by Gasteiger charge is -2.19. The molecule has 0 unspecified atom stereocenters. The Kier molecular flexibility index (Phi) is 5.16. The van der Waals surface area contributed by atoms with Crippen molar-refractivity contribution in [2.45, 2.75) is 11.8 Å². The molecule has 2 nitrogen and oxygen atoms in total. The van der Waals surface area contributed by atoms with Crippen LogP contribution in [0.25, 0.3) is 11.1 Å². The molecule has 2 aromatic carbocycles. The third-order valence-corrected chi connectivity index (χ3v) is 3.76. The number of ether oxygens (including phenoxy) is 2. The van der Waals surface area contributed by atoms with Gasteiger partial charge >= 0.3 is 0 Å².